The summed E-state index contributed by atoms with van der Waals surface area (Å²) in [7, 11) is 0. The molecule has 1 aliphatic rings. The van der Waals surface area contributed by atoms with E-state index < -0.39 is 11.6 Å². The van der Waals surface area contributed by atoms with Crippen LogP contribution in [0.15, 0.2) is 36.6 Å². The maximum atomic E-state index is 13.5. The smallest absolute Gasteiger partial charge is 0.295 e. The van der Waals surface area contributed by atoms with Gasteiger partial charge in [-0.25, -0.2) is 18.4 Å². The van der Waals surface area contributed by atoms with E-state index in [4.69, 9.17) is 9.15 Å². The zero-order valence-electron chi connectivity index (χ0n) is 13.3. The van der Waals surface area contributed by atoms with Crippen molar-refractivity contribution in [2.24, 2.45) is 11.8 Å². The van der Waals surface area contributed by atoms with Crippen LogP contribution in [-0.4, -0.2) is 20.0 Å². The van der Waals surface area contributed by atoms with Crippen molar-refractivity contribution in [3.8, 4) is 17.2 Å². The maximum Gasteiger partial charge on any atom is 0.446 e. The normalized spacial score (nSPS) is 19.8. The quantitative estimate of drug-likeness (QED) is 0.657. The van der Waals surface area contributed by atoms with Crippen LogP contribution < -0.4 is 5.76 Å². The number of hydrogen-bond donors (Lipinski definition) is 0. The van der Waals surface area contributed by atoms with Crippen LogP contribution in [0.1, 0.15) is 25.5 Å². The topological polar surface area (TPSA) is 87.0 Å². The van der Waals surface area contributed by atoms with Gasteiger partial charge in [0.05, 0.1) is 10.2 Å². The maximum absolute atomic E-state index is 13.5. The van der Waals surface area contributed by atoms with E-state index in [0.717, 1.165) is 18.8 Å². The molecule has 0 spiro atoms. The number of aromatic nitrogens is 4. The van der Waals surface area contributed by atoms with Gasteiger partial charge in [0.2, 0.25) is 5.82 Å². The molecule has 7 nitrogen and oxygen atoms in total. The molecule has 0 unspecified atom stereocenters. The lowest BCUT2D eigenvalue weighted by atomic mass is 9.74. The second kappa shape index (κ2) is 6.21. The van der Waals surface area contributed by atoms with E-state index in [-0.39, 0.29) is 10.3 Å². The van der Waals surface area contributed by atoms with Crippen molar-refractivity contribution < 1.29 is 13.5 Å². The summed E-state index contributed by atoms with van der Waals surface area (Å²) >= 11 is 3.11. The molecule has 25 heavy (non-hydrogen) atoms. The molecule has 0 bridgehead atoms. The van der Waals surface area contributed by atoms with Gasteiger partial charge in [0.25, 0.3) is 0 Å². The van der Waals surface area contributed by atoms with Crippen LogP contribution in [-0.2, 0) is 6.42 Å². The molecule has 0 atom stereocenters. The predicted molar refractivity (Wildman–Crippen MR) is 88.6 cm³/mol. The van der Waals surface area contributed by atoms with E-state index in [0.29, 0.717) is 29.4 Å². The van der Waals surface area contributed by atoms with E-state index >= 15 is 0 Å². The van der Waals surface area contributed by atoms with Gasteiger partial charge in [-0.05, 0) is 70.4 Å². The Labute approximate surface area is 149 Å². The van der Waals surface area contributed by atoms with E-state index in [1.807, 2.05) is 0 Å². The summed E-state index contributed by atoms with van der Waals surface area (Å²) < 4.78 is 24.6. The third-order valence-corrected chi connectivity index (χ3v) is 5.10. The Hall–Kier alpha value is -2.29. The van der Waals surface area contributed by atoms with Gasteiger partial charge in [-0.15, -0.1) is 0 Å². The van der Waals surface area contributed by atoms with Gasteiger partial charge < -0.3 is 0 Å². The number of rotatable bonds is 4. The first-order valence-corrected chi connectivity index (χ1v) is 8.68. The standard InChI is InChI=1S/C16H14BrFN4O3/c1-8-4-9(5-8)6-13-14(20-25-19-13)15-21-24-16(23)22(15)10-2-3-12(18)11(17)7-10/h2-3,7-9H,4-6H2,1H3. The molecule has 1 aliphatic carbocycles. The van der Waals surface area contributed by atoms with Crippen LogP contribution in [0.2, 0.25) is 0 Å². The van der Waals surface area contributed by atoms with Gasteiger partial charge in [-0.2, -0.15) is 0 Å². The van der Waals surface area contributed by atoms with Gasteiger partial charge in [0, 0.05) is 0 Å². The first kappa shape index (κ1) is 16.2. The number of benzene rings is 1. The molecule has 0 radical (unpaired) electrons. The molecule has 0 amide bonds. The van der Waals surface area contributed by atoms with E-state index in [2.05, 4.69) is 38.3 Å². The second-order valence-corrected chi connectivity index (χ2v) is 7.27. The molecule has 0 aliphatic heterocycles. The van der Waals surface area contributed by atoms with Crippen molar-refractivity contribution in [1.82, 2.24) is 20.0 Å². The van der Waals surface area contributed by atoms with Crippen molar-refractivity contribution in [3.63, 3.8) is 0 Å². The molecule has 0 saturated heterocycles. The zero-order valence-corrected chi connectivity index (χ0v) is 14.9. The fourth-order valence-electron chi connectivity index (χ4n) is 3.27. The molecule has 2 heterocycles. The van der Waals surface area contributed by atoms with Crippen LogP contribution >= 0.6 is 15.9 Å². The summed E-state index contributed by atoms with van der Waals surface area (Å²) in [5, 5.41) is 11.7. The van der Waals surface area contributed by atoms with Crippen LogP contribution in [0.4, 0.5) is 4.39 Å². The van der Waals surface area contributed by atoms with Crippen molar-refractivity contribution in [2.75, 3.05) is 0 Å². The van der Waals surface area contributed by atoms with Gasteiger partial charge >= 0.3 is 5.76 Å². The highest BCUT2D eigenvalue weighted by molar-refractivity contribution is 9.10. The molecule has 1 aromatic carbocycles. The Kier molecular flexibility index (Phi) is 4.03. The van der Waals surface area contributed by atoms with Crippen LogP contribution in [0.25, 0.3) is 17.2 Å². The Morgan fingerprint density at radius 3 is 2.84 bits per heavy atom. The summed E-state index contributed by atoms with van der Waals surface area (Å²) in [5.74, 6) is 0.298. The Morgan fingerprint density at radius 1 is 1.32 bits per heavy atom. The van der Waals surface area contributed by atoms with Crippen LogP contribution in [0.3, 0.4) is 0 Å². The molecule has 1 saturated carbocycles. The van der Waals surface area contributed by atoms with Gasteiger partial charge in [-0.3, -0.25) is 4.52 Å². The Morgan fingerprint density at radius 2 is 2.12 bits per heavy atom. The molecular formula is C16H14BrFN4O3. The lowest BCUT2D eigenvalue weighted by Crippen LogP contribution is -2.23. The number of hydrogen-bond acceptors (Lipinski definition) is 6. The first-order valence-electron chi connectivity index (χ1n) is 7.89. The highest BCUT2D eigenvalue weighted by Crippen LogP contribution is 2.36. The van der Waals surface area contributed by atoms with Gasteiger partial charge in [0.15, 0.2) is 5.69 Å². The highest BCUT2D eigenvalue weighted by Gasteiger charge is 2.30. The zero-order chi connectivity index (χ0) is 17.6. The Balaban J connectivity index is 1.74. The summed E-state index contributed by atoms with van der Waals surface area (Å²) in [4.78, 5) is 12.1. The third kappa shape index (κ3) is 2.92. The first-order chi connectivity index (χ1) is 12.0. The molecule has 4 rings (SSSR count). The molecule has 3 aromatic rings. The van der Waals surface area contributed by atoms with Crippen molar-refractivity contribution in [3.05, 3.63) is 44.7 Å². The van der Waals surface area contributed by atoms with Gasteiger partial charge in [-0.1, -0.05) is 17.2 Å². The molecular weight excluding hydrogens is 395 g/mol. The number of halogens is 2. The minimum Gasteiger partial charge on any atom is -0.295 e. The molecule has 9 heteroatoms. The summed E-state index contributed by atoms with van der Waals surface area (Å²) in [6.45, 7) is 2.21. The minimum atomic E-state index is -0.695. The molecule has 130 valence electrons. The molecule has 2 aromatic heterocycles. The highest BCUT2D eigenvalue weighted by atomic mass is 79.9. The fourth-order valence-corrected chi connectivity index (χ4v) is 3.64. The fraction of sp³-hybridized carbons (Fsp3) is 0.375. The summed E-state index contributed by atoms with van der Waals surface area (Å²) in [6.07, 6.45) is 2.96. The average Bonchev–Trinajstić information content (AvgIpc) is 3.15. The lowest BCUT2D eigenvalue weighted by molar-refractivity contribution is 0.207. The minimum absolute atomic E-state index is 0.187. The number of nitrogens with zero attached hydrogens (tertiary/aromatic N) is 4. The third-order valence-electron chi connectivity index (χ3n) is 4.49. The average molecular weight is 409 g/mol. The van der Waals surface area contributed by atoms with E-state index in [1.54, 1.807) is 0 Å². The van der Waals surface area contributed by atoms with E-state index in [1.165, 1.54) is 22.8 Å². The van der Waals surface area contributed by atoms with Crippen molar-refractivity contribution in [1.29, 1.82) is 0 Å². The van der Waals surface area contributed by atoms with Crippen LogP contribution in [0, 0.1) is 17.7 Å². The Bertz CT molecular complexity index is 974. The predicted octanol–water partition coefficient (Wildman–Crippen LogP) is 3.37. The van der Waals surface area contributed by atoms with Crippen LogP contribution in [0.5, 0.6) is 0 Å². The van der Waals surface area contributed by atoms with E-state index in [9.17, 15) is 9.18 Å². The van der Waals surface area contributed by atoms with Crippen molar-refractivity contribution >= 4 is 15.9 Å². The summed E-state index contributed by atoms with van der Waals surface area (Å²) in [5.41, 5.74) is 1.41. The monoisotopic (exact) mass is 408 g/mol. The molecule has 0 N–H and O–H groups in total. The second-order valence-electron chi connectivity index (χ2n) is 6.41. The largest absolute Gasteiger partial charge is 0.446 e. The lowest BCUT2D eigenvalue weighted by Gasteiger charge is -2.31. The molecule has 1 fully saturated rings. The van der Waals surface area contributed by atoms with Crippen molar-refractivity contribution in [2.45, 2.75) is 26.2 Å². The van der Waals surface area contributed by atoms with Gasteiger partial charge in [0.1, 0.15) is 11.5 Å². The SMILES string of the molecule is CC1CC(Cc2nonc2-c2noc(=O)n2-c2ccc(F)c(Br)c2)C1. The summed E-state index contributed by atoms with van der Waals surface area (Å²) in [6, 6.07) is 4.18.